The standard InChI is InChI=1S/C24H33N7O2S/c1-16-11-19(16)15-30(3)20-12-18(13-21(26-20)31(4)34(5,32)33)22-27-23(29-28-22)24(2,25)14-17-9-7-6-8-10-17/h6-10,12-13,16,19H,11,14-15,25H2,1-5H3,(H,27,28,29). The van der Waals surface area contributed by atoms with Crippen LogP contribution in [-0.2, 0) is 22.0 Å². The largest absolute Gasteiger partial charge is 0.359 e. The third-order valence-electron chi connectivity index (χ3n) is 6.49. The van der Waals surface area contributed by atoms with Gasteiger partial charge in [0, 0.05) is 26.2 Å². The molecular formula is C24H33N7O2S. The maximum atomic E-state index is 12.2. The topological polar surface area (TPSA) is 121 Å². The number of aromatic nitrogens is 4. The Balaban J connectivity index is 1.67. The van der Waals surface area contributed by atoms with Crippen molar-refractivity contribution in [1.29, 1.82) is 0 Å². The maximum Gasteiger partial charge on any atom is 0.233 e. The SMILES string of the molecule is CC1CC1CN(C)c1cc(-c2n[nH]c(C(C)(N)Cc3ccccc3)n2)cc(N(C)S(C)(=O)=O)n1. The molecule has 4 rings (SSSR count). The Labute approximate surface area is 201 Å². The predicted octanol–water partition coefficient (Wildman–Crippen LogP) is 2.77. The first-order chi connectivity index (χ1) is 15.9. The number of nitrogens with two attached hydrogens (primary N) is 1. The Morgan fingerprint density at radius 3 is 2.41 bits per heavy atom. The van der Waals surface area contributed by atoms with Crippen molar-refractivity contribution in [2.24, 2.45) is 17.6 Å². The van der Waals surface area contributed by atoms with Crippen molar-refractivity contribution in [2.45, 2.75) is 32.2 Å². The van der Waals surface area contributed by atoms with E-state index in [1.165, 1.54) is 17.8 Å². The van der Waals surface area contributed by atoms with E-state index in [-0.39, 0.29) is 0 Å². The van der Waals surface area contributed by atoms with Gasteiger partial charge in [0.05, 0.1) is 11.8 Å². The molecule has 3 N–H and O–H groups in total. The van der Waals surface area contributed by atoms with Gasteiger partial charge in [0.25, 0.3) is 0 Å². The van der Waals surface area contributed by atoms with Crippen LogP contribution in [0.3, 0.4) is 0 Å². The van der Waals surface area contributed by atoms with Crippen molar-refractivity contribution in [3.05, 3.63) is 53.9 Å². The number of H-pyrrole nitrogens is 1. The summed E-state index contributed by atoms with van der Waals surface area (Å²) in [6, 6.07) is 13.6. The lowest BCUT2D eigenvalue weighted by Crippen LogP contribution is -2.36. The van der Waals surface area contributed by atoms with E-state index in [1.807, 2.05) is 50.4 Å². The number of aromatic amines is 1. The number of pyridine rings is 1. The predicted molar refractivity (Wildman–Crippen MR) is 135 cm³/mol. The summed E-state index contributed by atoms with van der Waals surface area (Å²) in [4.78, 5) is 11.4. The van der Waals surface area contributed by atoms with Gasteiger partial charge in [-0.2, -0.15) is 5.10 Å². The number of nitrogens with zero attached hydrogens (tertiary/aromatic N) is 5. The van der Waals surface area contributed by atoms with E-state index in [0.29, 0.717) is 47.1 Å². The molecule has 0 spiro atoms. The lowest BCUT2D eigenvalue weighted by Gasteiger charge is -2.22. The van der Waals surface area contributed by atoms with Gasteiger partial charge in [0.1, 0.15) is 17.5 Å². The molecule has 0 bridgehead atoms. The lowest BCUT2D eigenvalue weighted by molar-refractivity contribution is 0.460. The number of anilines is 2. The van der Waals surface area contributed by atoms with Crippen LogP contribution in [0.25, 0.3) is 11.4 Å². The zero-order chi connectivity index (χ0) is 24.7. The van der Waals surface area contributed by atoms with Crippen molar-refractivity contribution in [3.8, 4) is 11.4 Å². The van der Waals surface area contributed by atoms with Crippen molar-refractivity contribution in [2.75, 3.05) is 36.1 Å². The minimum atomic E-state index is -3.49. The van der Waals surface area contributed by atoms with Gasteiger partial charge in [-0.15, -0.1) is 0 Å². The van der Waals surface area contributed by atoms with E-state index < -0.39 is 15.6 Å². The summed E-state index contributed by atoms with van der Waals surface area (Å²) in [6.45, 7) is 5.01. The van der Waals surface area contributed by atoms with Gasteiger partial charge in [0.15, 0.2) is 5.82 Å². The fourth-order valence-electron chi connectivity index (χ4n) is 4.01. The maximum absolute atomic E-state index is 12.2. The summed E-state index contributed by atoms with van der Waals surface area (Å²) < 4.78 is 25.6. The molecule has 0 radical (unpaired) electrons. The molecule has 3 atom stereocenters. The third kappa shape index (κ3) is 5.39. The lowest BCUT2D eigenvalue weighted by atomic mass is 9.93. The summed E-state index contributed by atoms with van der Waals surface area (Å²) in [5, 5.41) is 7.40. The van der Waals surface area contributed by atoms with Gasteiger partial charge in [-0.1, -0.05) is 37.3 Å². The van der Waals surface area contributed by atoms with Crippen LogP contribution in [0, 0.1) is 11.8 Å². The van der Waals surface area contributed by atoms with E-state index in [0.717, 1.165) is 18.4 Å². The van der Waals surface area contributed by atoms with E-state index in [2.05, 4.69) is 27.0 Å². The minimum Gasteiger partial charge on any atom is -0.359 e. The zero-order valence-corrected chi connectivity index (χ0v) is 21.2. The Kier molecular flexibility index (Phi) is 6.39. The second kappa shape index (κ2) is 8.99. The first kappa shape index (κ1) is 24.2. The first-order valence-electron chi connectivity index (χ1n) is 11.4. The molecule has 1 aromatic carbocycles. The molecule has 2 heterocycles. The number of benzene rings is 1. The average molecular weight is 484 g/mol. The second-order valence-electron chi connectivity index (χ2n) is 9.74. The average Bonchev–Trinajstić information content (AvgIpc) is 3.25. The van der Waals surface area contributed by atoms with E-state index >= 15 is 0 Å². The van der Waals surface area contributed by atoms with Gasteiger partial charge < -0.3 is 10.6 Å². The smallest absolute Gasteiger partial charge is 0.233 e. The molecule has 34 heavy (non-hydrogen) atoms. The molecule has 1 aliphatic rings. The van der Waals surface area contributed by atoms with E-state index in [4.69, 9.17) is 10.7 Å². The summed E-state index contributed by atoms with van der Waals surface area (Å²) in [5.74, 6) is 3.32. The van der Waals surface area contributed by atoms with Crippen molar-refractivity contribution < 1.29 is 8.42 Å². The van der Waals surface area contributed by atoms with Gasteiger partial charge in [-0.05, 0) is 49.3 Å². The number of hydrogen-bond donors (Lipinski definition) is 2. The molecule has 10 heteroatoms. The first-order valence-corrected chi connectivity index (χ1v) is 13.2. The van der Waals surface area contributed by atoms with Crippen LogP contribution in [0.1, 0.15) is 31.7 Å². The molecule has 1 fully saturated rings. The van der Waals surface area contributed by atoms with Crippen LogP contribution in [0.5, 0.6) is 0 Å². The fraction of sp³-hybridized carbons (Fsp3) is 0.458. The van der Waals surface area contributed by atoms with Crippen LogP contribution in [0.15, 0.2) is 42.5 Å². The van der Waals surface area contributed by atoms with Crippen LogP contribution in [0.4, 0.5) is 11.6 Å². The second-order valence-corrected chi connectivity index (χ2v) is 11.8. The Morgan fingerprint density at radius 2 is 1.79 bits per heavy atom. The Morgan fingerprint density at radius 1 is 1.15 bits per heavy atom. The molecule has 0 amide bonds. The van der Waals surface area contributed by atoms with Gasteiger partial charge in [-0.25, -0.2) is 18.4 Å². The molecule has 1 aliphatic carbocycles. The summed E-state index contributed by atoms with van der Waals surface area (Å²) in [7, 11) is -0.0175. The third-order valence-corrected chi connectivity index (χ3v) is 7.67. The highest BCUT2D eigenvalue weighted by atomic mass is 32.2. The molecule has 0 saturated heterocycles. The fourth-order valence-corrected chi connectivity index (χ4v) is 4.44. The van der Waals surface area contributed by atoms with Crippen LogP contribution >= 0.6 is 0 Å². The quantitative estimate of drug-likeness (QED) is 0.480. The van der Waals surface area contributed by atoms with Gasteiger partial charge in [-0.3, -0.25) is 9.40 Å². The van der Waals surface area contributed by atoms with Crippen LogP contribution < -0.4 is 14.9 Å². The monoisotopic (exact) mass is 483 g/mol. The Bertz CT molecular complexity index is 1260. The summed E-state index contributed by atoms with van der Waals surface area (Å²) in [5.41, 5.74) is 7.62. The molecule has 0 aliphatic heterocycles. The number of nitrogens with one attached hydrogen (secondary N) is 1. The van der Waals surface area contributed by atoms with Crippen LogP contribution in [-0.4, -0.2) is 55.5 Å². The van der Waals surface area contributed by atoms with Crippen molar-refractivity contribution in [1.82, 2.24) is 20.2 Å². The molecule has 9 nitrogen and oxygen atoms in total. The number of hydrogen-bond acceptors (Lipinski definition) is 7. The molecule has 1 saturated carbocycles. The van der Waals surface area contributed by atoms with Crippen molar-refractivity contribution in [3.63, 3.8) is 0 Å². The highest BCUT2D eigenvalue weighted by Gasteiger charge is 2.34. The van der Waals surface area contributed by atoms with Crippen molar-refractivity contribution >= 4 is 21.7 Å². The zero-order valence-electron chi connectivity index (χ0n) is 20.4. The molecule has 2 aromatic heterocycles. The van der Waals surface area contributed by atoms with Crippen LogP contribution in [0.2, 0.25) is 0 Å². The minimum absolute atomic E-state index is 0.317. The van der Waals surface area contributed by atoms with Gasteiger partial charge in [0.2, 0.25) is 10.0 Å². The van der Waals surface area contributed by atoms with E-state index in [9.17, 15) is 8.42 Å². The molecule has 182 valence electrons. The highest BCUT2D eigenvalue weighted by molar-refractivity contribution is 7.92. The molecule has 3 unspecified atom stereocenters. The normalized spacial score (nSPS) is 19.5. The van der Waals surface area contributed by atoms with Gasteiger partial charge >= 0.3 is 0 Å². The number of sulfonamides is 1. The highest BCUT2D eigenvalue weighted by Crippen LogP contribution is 2.39. The molecule has 3 aromatic rings. The summed E-state index contributed by atoms with van der Waals surface area (Å²) in [6.07, 6.45) is 2.94. The summed E-state index contributed by atoms with van der Waals surface area (Å²) >= 11 is 0. The van der Waals surface area contributed by atoms with E-state index in [1.54, 1.807) is 6.07 Å². The number of rotatable bonds is 9. The molecular weight excluding hydrogens is 450 g/mol. The Hall–Kier alpha value is -2.98.